The van der Waals surface area contributed by atoms with E-state index in [1.165, 1.54) is 0 Å². The minimum absolute atomic E-state index is 0.0489. The maximum atomic E-state index is 11.3. The van der Waals surface area contributed by atoms with Crippen molar-refractivity contribution >= 4 is 35.0 Å². The summed E-state index contributed by atoms with van der Waals surface area (Å²) in [4.78, 5) is 22.7. The summed E-state index contributed by atoms with van der Waals surface area (Å²) in [6.45, 7) is 0. The van der Waals surface area contributed by atoms with Crippen LogP contribution >= 0.6 is 23.2 Å². The van der Waals surface area contributed by atoms with Crippen LogP contribution in [0.2, 0.25) is 0 Å². The third-order valence-corrected chi connectivity index (χ3v) is 2.13. The fourth-order valence-electron chi connectivity index (χ4n) is 1.10. The second kappa shape index (κ2) is 6.35. The molecule has 0 aliphatic heterocycles. The molecule has 0 fully saturated rings. The maximum absolute atomic E-state index is 11.3. The second-order valence-corrected chi connectivity index (χ2v) is 3.39. The van der Waals surface area contributed by atoms with Gasteiger partial charge in [-0.25, -0.2) is 0 Å². The Morgan fingerprint density at radius 1 is 0.875 bits per heavy atom. The van der Waals surface area contributed by atoms with Gasteiger partial charge in [0.2, 0.25) is 0 Å². The summed E-state index contributed by atoms with van der Waals surface area (Å²) < 4.78 is 0. The summed E-state index contributed by atoms with van der Waals surface area (Å²) in [6.07, 6.45) is 0. The molecule has 0 heterocycles. The molecule has 1 aromatic carbocycles. The lowest BCUT2D eigenvalue weighted by molar-refractivity contribution is 0.0948. The maximum Gasteiger partial charge on any atom is 0.252 e. The lowest BCUT2D eigenvalue weighted by Gasteiger charge is -2.03. The minimum atomic E-state index is -0.278. The van der Waals surface area contributed by atoms with Crippen LogP contribution in [0.5, 0.6) is 0 Å². The molecule has 86 valence electrons. The largest absolute Gasteiger partial charge is 0.339 e. The van der Waals surface area contributed by atoms with Crippen molar-refractivity contribution in [1.29, 1.82) is 0 Å². The van der Waals surface area contributed by atoms with Crippen LogP contribution in [0.15, 0.2) is 24.3 Å². The van der Waals surface area contributed by atoms with Crippen molar-refractivity contribution in [3.63, 3.8) is 0 Å². The predicted octanol–water partition coefficient (Wildman–Crippen LogP) is 1.54. The van der Waals surface area contributed by atoms with E-state index in [4.69, 9.17) is 23.2 Å². The van der Waals surface area contributed by atoms with Crippen LogP contribution < -0.4 is 10.6 Å². The minimum Gasteiger partial charge on any atom is -0.339 e. The molecule has 1 rings (SSSR count). The summed E-state index contributed by atoms with van der Waals surface area (Å²) in [7, 11) is 0. The Kier molecular flexibility index (Phi) is 5.08. The van der Waals surface area contributed by atoms with Gasteiger partial charge in [-0.15, -0.1) is 23.2 Å². The van der Waals surface area contributed by atoms with Gasteiger partial charge in [0.25, 0.3) is 11.8 Å². The third kappa shape index (κ3) is 3.40. The van der Waals surface area contributed by atoms with E-state index in [0.717, 1.165) is 0 Å². The highest BCUT2D eigenvalue weighted by Gasteiger charge is 2.07. The Hall–Kier alpha value is -1.26. The Morgan fingerprint density at radius 2 is 1.19 bits per heavy atom. The quantitative estimate of drug-likeness (QED) is 0.638. The van der Waals surface area contributed by atoms with Gasteiger partial charge in [-0.1, -0.05) is 0 Å². The highest BCUT2D eigenvalue weighted by Crippen LogP contribution is 2.04. The Bertz CT molecular complexity index is 342. The standard InChI is InChI=1S/C10H10Cl2N2O2/c11-5-13-9(15)7-1-2-8(4-3-7)10(16)14-6-12/h1-4H,5-6H2,(H,13,15)(H,14,16). The van der Waals surface area contributed by atoms with Crippen molar-refractivity contribution in [3.05, 3.63) is 35.4 Å². The monoisotopic (exact) mass is 260 g/mol. The van der Waals surface area contributed by atoms with Crippen LogP contribution in [-0.4, -0.2) is 23.8 Å². The van der Waals surface area contributed by atoms with Gasteiger partial charge in [0, 0.05) is 11.1 Å². The lowest BCUT2D eigenvalue weighted by Crippen LogP contribution is -2.23. The average molecular weight is 261 g/mol. The molecule has 0 aliphatic rings. The molecule has 1 aromatic rings. The average Bonchev–Trinajstić information content (AvgIpc) is 2.30. The van der Waals surface area contributed by atoms with Crippen LogP contribution in [-0.2, 0) is 0 Å². The molecule has 2 amide bonds. The normalized spacial score (nSPS) is 9.62. The lowest BCUT2D eigenvalue weighted by atomic mass is 10.1. The number of hydrogen-bond acceptors (Lipinski definition) is 2. The van der Waals surface area contributed by atoms with Crippen LogP contribution in [0.25, 0.3) is 0 Å². The van der Waals surface area contributed by atoms with E-state index in [0.29, 0.717) is 11.1 Å². The summed E-state index contributed by atoms with van der Waals surface area (Å²) in [5.41, 5.74) is 0.895. The van der Waals surface area contributed by atoms with Gasteiger partial charge >= 0.3 is 0 Å². The molecule has 0 bridgehead atoms. The van der Waals surface area contributed by atoms with Gasteiger partial charge in [-0.2, -0.15) is 0 Å². The number of alkyl halides is 2. The topological polar surface area (TPSA) is 58.2 Å². The zero-order valence-corrected chi connectivity index (χ0v) is 9.81. The zero-order chi connectivity index (χ0) is 12.0. The fourth-order valence-corrected chi connectivity index (χ4v) is 1.34. The third-order valence-electron chi connectivity index (χ3n) is 1.86. The molecule has 4 nitrogen and oxygen atoms in total. The van der Waals surface area contributed by atoms with Crippen molar-refractivity contribution in [2.45, 2.75) is 0 Å². The molecule has 0 aliphatic carbocycles. The molecular formula is C10H10Cl2N2O2. The first-order valence-corrected chi connectivity index (χ1v) is 5.54. The molecule has 0 atom stereocenters. The molecule has 0 radical (unpaired) electrons. The van der Waals surface area contributed by atoms with Gasteiger partial charge in [0.05, 0.1) is 12.0 Å². The molecule has 0 unspecified atom stereocenters. The molecule has 0 spiro atoms. The highest BCUT2D eigenvalue weighted by molar-refractivity contribution is 6.19. The number of benzene rings is 1. The molecule has 16 heavy (non-hydrogen) atoms. The number of carbonyl (C=O) groups excluding carboxylic acids is 2. The smallest absolute Gasteiger partial charge is 0.252 e. The fraction of sp³-hybridized carbons (Fsp3) is 0.200. The number of halogens is 2. The van der Waals surface area contributed by atoms with Gasteiger partial charge in [0.15, 0.2) is 0 Å². The number of amides is 2. The van der Waals surface area contributed by atoms with Gasteiger partial charge in [-0.3, -0.25) is 9.59 Å². The number of nitrogens with one attached hydrogen (secondary N) is 2. The van der Waals surface area contributed by atoms with Crippen molar-refractivity contribution in [1.82, 2.24) is 10.6 Å². The van der Waals surface area contributed by atoms with Gasteiger partial charge in [0.1, 0.15) is 0 Å². The van der Waals surface area contributed by atoms with E-state index in [1.54, 1.807) is 24.3 Å². The van der Waals surface area contributed by atoms with Crippen molar-refractivity contribution < 1.29 is 9.59 Å². The first-order chi connectivity index (χ1) is 7.69. The van der Waals surface area contributed by atoms with Gasteiger partial charge < -0.3 is 10.6 Å². The summed E-state index contributed by atoms with van der Waals surface area (Å²) >= 11 is 10.7. The SMILES string of the molecule is O=C(NCCl)c1ccc(C(=O)NCCl)cc1. The van der Waals surface area contributed by atoms with Crippen molar-refractivity contribution in [2.24, 2.45) is 0 Å². The number of carbonyl (C=O) groups is 2. The van der Waals surface area contributed by atoms with Crippen LogP contribution in [0, 0.1) is 0 Å². The molecule has 2 N–H and O–H groups in total. The van der Waals surface area contributed by atoms with Crippen LogP contribution in [0.3, 0.4) is 0 Å². The molecular weight excluding hydrogens is 251 g/mol. The first kappa shape index (κ1) is 12.8. The number of hydrogen-bond donors (Lipinski definition) is 2. The number of rotatable bonds is 4. The van der Waals surface area contributed by atoms with E-state index in [2.05, 4.69) is 10.6 Å². The Morgan fingerprint density at radius 3 is 1.44 bits per heavy atom. The first-order valence-electron chi connectivity index (χ1n) is 4.47. The second-order valence-electron chi connectivity index (χ2n) is 2.86. The van der Waals surface area contributed by atoms with Crippen LogP contribution in [0.4, 0.5) is 0 Å². The van der Waals surface area contributed by atoms with E-state index in [1.807, 2.05) is 0 Å². The van der Waals surface area contributed by atoms with Crippen molar-refractivity contribution in [2.75, 3.05) is 12.0 Å². The van der Waals surface area contributed by atoms with Crippen molar-refractivity contribution in [3.8, 4) is 0 Å². The van der Waals surface area contributed by atoms with Crippen LogP contribution in [0.1, 0.15) is 20.7 Å². The Balaban J connectivity index is 2.75. The van der Waals surface area contributed by atoms with E-state index < -0.39 is 0 Å². The van der Waals surface area contributed by atoms with E-state index in [-0.39, 0.29) is 23.8 Å². The zero-order valence-electron chi connectivity index (χ0n) is 8.30. The molecule has 6 heteroatoms. The van der Waals surface area contributed by atoms with E-state index >= 15 is 0 Å². The van der Waals surface area contributed by atoms with Gasteiger partial charge in [-0.05, 0) is 24.3 Å². The predicted molar refractivity (Wildman–Crippen MR) is 62.8 cm³/mol. The Labute approximate surface area is 103 Å². The molecule has 0 saturated carbocycles. The summed E-state index contributed by atoms with van der Waals surface area (Å²) in [6, 6.07) is 6.28. The summed E-state index contributed by atoms with van der Waals surface area (Å²) in [5.74, 6) is -0.557. The summed E-state index contributed by atoms with van der Waals surface area (Å²) in [5, 5.41) is 4.88. The molecule has 0 saturated heterocycles. The molecule has 0 aromatic heterocycles. The highest BCUT2D eigenvalue weighted by atomic mass is 35.5. The van der Waals surface area contributed by atoms with E-state index in [9.17, 15) is 9.59 Å².